The molecule has 13 heavy (non-hydrogen) atoms. The van der Waals surface area contributed by atoms with Crippen molar-refractivity contribution in [3.05, 3.63) is 0 Å². The second-order valence-electron chi connectivity index (χ2n) is 3.76. The van der Waals surface area contributed by atoms with Crippen LogP contribution in [-0.2, 0) is 4.79 Å². The molecule has 0 aromatic heterocycles. The SMILES string of the molecule is CCN1CCC(CCC(=O)NC)C1. The standard InChI is InChI=1S/C10H20N2O/c1-3-12-7-6-9(8-12)4-5-10(13)11-2/h9H,3-8H2,1-2H3,(H,11,13). The van der Waals surface area contributed by atoms with E-state index in [1.165, 1.54) is 19.5 Å². The van der Waals surface area contributed by atoms with Gasteiger partial charge in [-0.05, 0) is 31.8 Å². The highest BCUT2D eigenvalue weighted by Crippen LogP contribution is 2.20. The van der Waals surface area contributed by atoms with Crippen LogP contribution < -0.4 is 5.32 Å². The van der Waals surface area contributed by atoms with Gasteiger partial charge in [0.05, 0.1) is 0 Å². The minimum atomic E-state index is 0.176. The summed E-state index contributed by atoms with van der Waals surface area (Å²) in [6.45, 7) is 5.75. The molecule has 0 aromatic rings. The fraction of sp³-hybridized carbons (Fsp3) is 0.900. The number of amides is 1. The molecule has 1 saturated heterocycles. The first-order valence-corrected chi connectivity index (χ1v) is 5.19. The van der Waals surface area contributed by atoms with E-state index < -0.39 is 0 Å². The van der Waals surface area contributed by atoms with Gasteiger partial charge in [0.1, 0.15) is 0 Å². The number of carbonyl (C=O) groups is 1. The predicted molar refractivity (Wildman–Crippen MR) is 53.5 cm³/mol. The molecule has 3 heteroatoms. The molecule has 1 N–H and O–H groups in total. The van der Waals surface area contributed by atoms with Crippen molar-refractivity contribution in [2.45, 2.75) is 26.2 Å². The predicted octanol–water partition coefficient (Wildman–Crippen LogP) is 0.854. The van der Waals surface area contributed by atoms with Gasteiger partial charge in [-0.2, -0.15) is 0 Å². The summed E-state index contributed by atoms with van der Waals surface area (Å²) >= 11 is 0. The van der Waals surface area contributed by atoms with E-state index in [1.54, 1.807) is 7.05 Å². The van der Waals surface area contributed by atoms with Gasteiger partial charge in [0.25, 0.3) is 0 Å². The summed E-state index contributed by atoms with van der Waals surface area (Å²) in [5.74, 6) is 0.923. The molecule has 0 spiro atoms. The van der Waals surface area contributed by atoms with Gasteiger partial charge in [0.2, 0.25) is 5.91 Å². The van der Waals surface area contributed by atoms with Crippen LogP contribution in [0, 0.1) is 5.92 Å². The Balaban J connectivity index is 2.13. The van der Waals surface area contributed by atoms with Gasteiger partial charge >= 0.3 is 0 Å². The number of rotatable bonds is 4. The third-order valence-electron chi connectivity index (χ3n) is 2.88. The zero-order chi connectivity index (χ0) is 9.68. The molecule has 76 valence electrons. The van der Waals surface area contributed by atoms with E-state index in [1.807, 2.05) is 0 Å². The maximum Gasteiger partial charge on any atom is 0.219 e. The molecule has 0 aromatic carbocycles. The lowest BCUT2D eigenvalue weighted by molar-refractivity contribution is -0.120. The molecule has 1 heterocycles. The monoisotopic (exact) mass is 184 g/mol. The number of likely N-dealkylation sites (tertiary alicyclic amines) is 1. The van der Waals surface area contributed by atoms with Crippen LogP contribution in [0.15, 0.2) is 0 Å². The lowest BCUT2D eigenvalue weighted by Gasteiger charge is -2.12. The highest BCUT2D eigenvalue weighted by molar-refractivity contribution is 5.75. The van der Waals surface area contributed by atoms with Crippen LogP contribution in [0.25, 0.3) is 0 Å². The average molecular weight is 184 g/mol. The Labute approximate surface area is 80.5 Å². The average Bonchev–Trinajstić information content (AvgIpc) is 2.61. The minimum Gasteiger partial charge on any atom is -0.359 e. The molecule has 1 aliphatic heterocycles. The molecule has 1 unspecified atom stereocenters. The summed E-state index contributed by atoms with van der Waals surface area (Å²) in [5.41, 5.74) is 0. The first-order valence-electron chi connectivity index (χ1n) is 5.19. The molecule has 1 amide bonds. The summed E-state index contributed by atoms with van der Waals surface area (Å²) in [5, 5.41) is 2.66. The second kappa shape index (κ2) is 5.22. The molecule has 1 atom stereocenters. The van der Waals surface area contributed by atoms with Gasteiger partial charge in [-0.15, -0.1) is 0 Å². The molecule has 1 aliphatic rings. The first-order chi connectivity index (χ1) is 6.26. The smallest absolute Gasteiger partial charge is 0.219 e. The zero-order valence-corrected chi connectivity index (χ0v) is 8.68. The summed E-state index contributed by atoms with van der Waals surface area (Å²) in [6, 6.07) is 0. The van der Waals surface area contributed by atoms with E-state index in [-0.39, 0.29) is 5.91 Å². The van der Waals surface area contributed by atoms with E-state index >= 15 is 0 Å². The van der Waals surface area contributed by atoms with Gasteiger partial charge in [0, 0.05) is 20.0 Å². The summed E-state index contributed by atoms with van der Waals surface area (Å²) in [4.78, 5) is 13.4. The normalized spacial score (nSPS) is 23.4. The van der Waals surface area contributed by atoms with E-state index in [4.69, 9.17) is 0 Å². The van der Waals surface area contributed by atoms with Crippen molar-refractivity contribution >= 4 is 5.91 Å². The van der Waals surface area contributed by atoms with Crippen molar-refractivity contribution in [1.82, 2.24) is 10.2 Å². The van der Waals surface area contributed by atoms with Crippen molar-refractivity contribution < 1.29 is 4.79 Å². The van der Waals surface area contributed by atoms with Crippen LogP contribution in [0.5, 0.6) is 0 Å². The molecule has 0 saturated carbocycles. The topological polar surface area (TPSA) is 32.3 Å². The summed E-state index contributed by atoms with van der Waals surface area (Å²) in [7, 11) is 1.70. The molecule has 1 fully saturated rings. The van der Waals surface area contributed by atoms with Crippen LogP contribution in [-0.4, -0.2) is 37.5 Å². The Morgan fingerprint density at radius 1 is 1.62 bits per heavy atom. The van der Waals surface area contributed by atoms with E-state index in [0.29, 0.717) is 6.42 Å². The molecular weight excluding hydrogens is 164 g/mol. The molecule has 0 radical (unpaired) electrons. The van der Waals surface area contributed by atoms with Gasteiger partial charge in [0.15, 0.2) is 0 Å². The number of nitrogens with zero attached hydrogens (tertiary/aromatic N) is 1. The molecular formula is C10H20N2O. The van der Waals surface area contributed by atoms with Crippen molar-refractivity contribution in [2.75, 3.05) is 26.7 Å². The summed E-state index contributed by atoms with van der Waals surface area (Å²) < 4.78 is 0. The molecule has 0 aliphatic carbocycles. The van der Waals surface area contributed by atoms with E-state index in [0.717, 1.165) is 18.9 Å². The Hall–Kier alpha value is -0.570. The number of hydrogen-bond donors (Lipinski definition) is 1. The Morgan fingerprint density at radius 2 is 2.38 bits per heavy atom. The third-order valence-corrected chi connectivity index (χ3v) is 2.88. The summed E-state index contributed by atoms with van der Waals surface area (Å²) in [6.07, 6.45) is 3.01. The quantitative estimate of drug-likeness (QED) is 0.702. The van der Waals surface area contributed by atoms with Crippen LogP contribution in [0.1, 0.15) is 26.2 Å². The Bertz CT molecular complexity index is 170. The highest BCUT2D eigenvalue weighted by atomic mass is 16.1. The largest absolute Gasteiger partial charge is 0.359 e. The minimum absolute atomic E-state index is 0.176. The fourth-order valence-corrected chi connectivity index (χ4v) is 1.90. The van der Waals surface area contributed by atoms with E-state index in [9.17, 15) is 4.79 Å². The highest BCUT2D eigenvalue weighted by Gasteiger charge is 2.21. The van der Waals surface area contributed by atoms with Gasteiger partial charge in [-0.1, -0.05) is 6.92 Å². The van der Waals surface area contributed by atoms with Crippen LogP contribution >= 0.6 is 0 Å². The Kier molecular flexibility index (Phi) is 4.22. The van der Waals surface area contributed by atoms with Crippen LogP contribution in [0.3, 0.4) is 0 Å². The molecule has 0 bridgehead atoms. The number of hydrogen-bond acceptors (Lipinski definition) is 2. The van der Waals surface area contributed by atoms with E-state index in [2.05, 4.69) is 17.1 Å². The van der Waals surface area contributed by atoms with Gasteiger partial charge < -0.3 is 10.2 Å². The maximum absolute atomic E-state index is 11.0. The molecule has 1 rings (SSSR count). The zero-order valence-electron chi connectivity index (χ0n) is 8.68. The van der Waals surface area contributed by atoms with Gasteiger partial charge in [-0.3, -0.25) is 4.79 Å². The maximum atomic E-state index is 11.0. The van der Waals surface area contributed by atoms with Crippen molar-refractivity contribution in [1.29, 1.82) is 0 Å². The Morgan fingerprint density at radius 3 is 2.92 bits per heavy atom. The van der Waals surface area contributed by atoms with Crippen molar-refractivity contribution in [3.8, 4) is 0 Å². The van der Waals surface area contributed by atoms with Crippen molar-refractivity contribution in [2.24, 2.45) is 5.92 Å². The van der Waals surface area contributed by atoms with Crippen LogP contribution in [0.2, 0.25) is 0 Å². The third kappa shape index (κ3) is 3.35. The lowest BCUT2D eigenvalue weighted by atomic mass is 10.0. The van der Waals surface area contributed by atoms with Gasteiger partial charge in [-0.25, -0.2) is 0 Å². The van der Waals surface area contributed by atoms with Crippen LogP contribution in [0.4, 0.5) is 0 Å². The lowest BCUT2D eigenvalue weighted by Crippen LogP contribution is -2.21. The molecule has 3 nitrogen and oxygen atoms in total. The number of carbonyl (C=O) groups excluding carboxylic acids is 1. The second-order valence-corrected chi connectivity index (χ2v) is 3.76. The van der Waals surface area contributed by atoms with Crippen molar-refractivity contribution in [3.63, 3.8) is 0 Å². The fourth-order valence-electron chi connectivity index (χ4n) is 1.90. The number of nitrogens with one attached hydrogen (secondary N) is 1. The first kappa shape index (κ1) is 10.5.